The predicted molar refractivity (Wildman–Crippen MR) is 180 cm³/mol. The van der Waals surface area contributed by atoms with Crippen molar-refractivity contribution in [3.63, 3.8) is 0 Å². The normalized spacial score (nSPS) is 11.3. The molecule has 0 saturated heterocycles. The molecule has 2 nitrogen and oxygen atoms in total. The van der Waals surface area contributed by atoms with E-state index in [1.54, 1.807) is 0 Å². The van der Waals surface area contributed by atoms with Gasteiger partial charge < -0.3 is 4.74 Å². The highest BCUT2D eigenvalue weighted by Gasteiger charge is 2.19. The number of hydrogen-bond acceptors (Lipinski definition) is 2. The molecule has 0 aliphatic rings. The molecule has 0 aliphatic heterocycles. The standard InChI is InChI=1S/C41H27NO/c1-3-12-28(13-4-1)31-24-32(29-14-5-2-6-15-29)26-33(25-31)43-41-37-20-10-9-19-36(37)40(39-27-42-23-22-38(39)41)35-21-11-17-30-16-7-8-18-34(30)35/h1-27H. The Morgan fingerprint density at radius 1 is 0.419 bits per heavy atom. The van der Waals surface area contributed by atoms with Crippen molar-refractivity contribution < 1.29 is 4.74 Å². The lowest BCUT2D eigenvalue weighted by Crippen LogP contribution is -1.94. The molecule has 43 heavy (non-hydrogen) atoms. The largest absolute Gasteiger partial charge is 0.456 e. The molecular formula is C41H27NO. The van der Waals surface area contributed by atoms with E-state index in [0.717, 1.165) is 55.3 Å². The molecule has 2 heteroatoms. The Balaban J connectivity index is 1.38. The zero-order valence-corrected chi connectivity index (χ0v) is 23.4. The van der Waals surface area contributed by atoms with Crippen LogP contribution in [0.3, 0.4) is 0 Å². The van der Waals surface area contributed by atoms with Crippen LogP contribution in [-0.2, 0) is 0 Å². The average Bonchev–Trinajstić information content (AvgIpc) is 3.09. The van der Waals surface area contributed by atoms with E-state index in [1.807, 2.05) is 24.5 Å². The van der Waals surface area contributed by atoms with Crippen molar-refractivity contribution in [2.24, 2.45) is 0 Å². The number of rotatable bonds is 5. The van der Waals surface area contributed by atoms with E-state index in [0.29, 0.717) is 0 Å². The molecule has 0 atom stereocenters. The van der Waals surface area contributed by atoms with Crippen molar-refractivity contribution in [1.29, 1.82) is 0 Å². The fraction of sp³-hybridized carbons (Fsp3) is 0. The van der Waals surface area contributed by atoms with Gasteiger partial charge in [0.2, 0.25) is 0 Å². The van der Waals surface area contributed by atoms with Gasteiger partial charge in [-0.15, -0.1) is 0 Å². The molecule has 0 amide bonds. The number of aromatic nitrogens is 1. The van der Waals surface area contributed by atoms with E-state index in [4.69, 9.17) is 4.74 Å². The van der Waals surface area contributed by atoms with Crippen LogP contribution in [0.2, 0.25) is 0 Å². The molecule has 0 saturated carbocycles. The lowest BCUT2D eigenvalue weighted by atomic mass is 9.89. The van der Waals surface area contributed by atoms with Crippen molar-refractivity contribution in [1.82, 2.24) is 4.98 Å². The molecule has 0 radical (unpaired) electrons. The van der Waals surface area contributed by atoms with Gasteiger partial charge in [-0.2, -0.15) is 0 Å². The number of fused-ring (bicyclic) bond motifs is 3. The highest BCUT2D eigenvalue weighted by atomic mass is 16.5. The molecule has 8 rings (SSSR count). The van der Waals surface area contributed by atoms with Gasteiger partial charge in [0.15, 0.2) is 0 Å². The summed E-state index contributed by atoms with van der Waals surface area (Å²) < 4.78 is 6.98. The maximum Gasteiger partial charge on any atom is 0.143 e. The Hall–Kier alpha value is -5.73. The van der Waals surface area contributed by atoms with E-state index in [1.165, 1.54) is 21.9 Å². The smallest absolute Gasteiger partial charge is 0.143 e. The third-order valence-electron chi connectivity index (χ3n) is 8.18. The van der Waals surface area contributed by atoms with Gasteiger partial charge in [-0.05, 0) is 73.8 Å². The van der Waals surface area contributed by atoms with Crippen molar-refractivity contribution >= 4 is 32.3 Å². The Labute approximate surface area is 250 Å². The lowest BCUT2D eigenvalue weighted by Gasteiger charge is -2.19. The SMILES string of the molecule is c1ccc(-c2cc(Oc3c4ccccc4c(-c4cccc5ccccc45)c4cnccc34)cc(-c3ccccc3)c2)cc1. The zero-order chi connectivity index (χ0) is 28.6. The number of ether oxygens (including phenoxy) is 1. The first-order valence-corrected chi connectivity index (χ1v) is 14.5. The van der Waals surface area contributed by atoms with Gasteiger partial charge in [-0.3, -0.25) is 4.98 Å². The molecule has 1 heterocycles. The van der Waals surface area contributed by atoms with Gasteiger partial charge in [0.1, 0.15) is 11.5 Å². The summed E-state index contributed by atoms with van der Waals surface area (Å²) >= 11 is 0. The molecule has 202 valence electrons. The molecule has 0 fully saturated rings. The molecule has 0 spiro atoms. The van der Waals surface area contributed by atoms with Crippen molar-refractivity contribution in [3.05, 3.63) is 164 Å². The molecule has 8 aromatic rings. The minimum Gasteiger partial charge on any atom is -0.456 e. The highest BCUT2D eigenvalue weighted by Crippen LogP contribution is 2.46. The number of nitrogens with zero attached hydrogens (tertiary/aromatic N) is 1. The minimum atomic E-state index is 0.793. The molecular weight excluding hydrogens is 522 g/mol. The van der Waals surface area contributed by atoms with Gasteiger partial charge in [0.05, 0.1) is 0 Å². The number of benzene rings is 7. The second-order valence-corrected chi connectivity index (χ2v) is 10.8. The summed E-state index contributed by atoms with van der Waals surface area (Å²) in [7, 11) is 0. The Kier molecular flexibility index (Phi) is 6.16. The van der Waals surface area contributed by atoms with Crippen LogP contribution in [0.25, 0.3) is 65.7 Å². The van der Waals surface area contributed by atoms with E-state index >= 15 is 0 Å². The van der Waals surface area contributed by atoms with Crippen molar-refractivity contribution in [2.45, 2.75) is 0 Å². The minimum absolute atomic E-state index is 0.793. The van der Waals surface area contributed by atoms with E-state index < -0.39 is 0 Å². The highest BCUT2D eigenvalue weighted by molar-refractivity contribution is 6.19. The Morgan fingerprint density at radius 3 is 1.72 bits per heavy atom. The lowest BCUT2D eigenvalue weighted by molar-refractivity contribution is 0.494. The molecule has 0 unspecified atom stereocenters. The summed E-state index contributed by atoms with van der Waals surface area (Å²) in [5.74, 6) is 1.63. The summed E-state index contributed by atoms with van der Waals surface area (Å²) in [6, 6.07) is 53.2. The summed E-state index contributed by atoms with van der Waals surface area (Å²) in [5, 5.41) is 6.73. The first-order valence-electron chi connectivity index (χ1n) is 14.5. The second kappa shape index (κ2) is 10.6. The van der Waals surface area contributed by atoms with Crippen LogP contribution in [0.1, 0.15) is 0 Å². The van der Waals surface area contributed by atoms with Gasteiger partial charge >= 0.3 is 0 Å². The fourth-order valence-corrected chi connectivity index (χ4v) is 6.19. The van der Waals surface area contributed by atoms with Crippen molar-refractivity contribution in [3.8, 4) is 44.9 Å². The molecule has 0 N–H and O–H groups in total. The van der Waals surface area contributed by atoms with Crippen LogP contribution in [-0.4, -0.2) is 4.98 Å². The van der Waals surface area contributed by atoms with Crippen LogP contribution < -0.4 is 4.74 Å². The maximum absolute atomic E-state index is 6.98. The van der Waals surface area contributed by atoms with Gasteiger partial charge in [0, 0.05) is 28.6 Å². The van der Waals surface area contributed by atoms with Crippen molar-refractivity contribution in [2.75, 3.05) is 0 Å². The number of hydrogen-bond donors (Lipinski definition) is 0. The third-order valence-corrected chi connectivity index (χ3v) is 8.18. The van der Waals surface area contributed by atoms with Gasteiger partial charge in [-0.1, -0.05) is 127 Å². The van der Waals surface area contributed by atoms with E-state index in [-0.39, 0.29) is 0 Å². The Bertz CT molecular complexity index is 2140. The summed E-state index contributed by atoms with van der Waals surface area (Å²) in [5.41, 5.74) is 6.88. The second-order valence-electron chi connectivity index (χ2n) is 10.8. The first kappa shape index (κ1) is 25.0. The van der Waals surface area contributed by atoms with Gasteiger partial charge in [0.25, 0.3) is 0 Å². The summed E-state index contributed by atoms with van der Waals surface area (Å²) in [4.78, 5) is 4.59. The Morgan fingerprint density at radius 2 is 1.00 bits per heavy atom. The predicted octanol–water partition coefficient (Wildman–Crippen LogP) is 11.3. The molecule has 7 aromatic carbocycles. The molecule has 0 aliphatic carbocycles. The maximum atomic E-state index is 6.98. The molecule has 1 aromatic heterocycles. The zero-order valence-electron chi connectivity index (χ0n) is 23.4. The van der Waals surface area contributed by atoms with Crippen LogP contribution in [0, 0.1) is 0 Å². The summed E-state index contributed by atoms with van der Waals surface area (Å²) in [6.07, 6.45) is 3.83. The topological polar surface area (TPSA) is 22.1 Å². The van der Waals surface area contributed by atoms with Gasteiger partial charge in [-0.25, -0.2) is 0 Å². The number of pyridine rings is 1. The quantitative estimate of drug-likeness (QED) is 0.199. The van der Waals surface area contributed by atoms with Crippen LogP contribution in [0.15, 0.2) is 164 Å². The monoisotopic (exact) mass is 549 g/mol. The summed E-state index contributed by atoms with van der Waals surface area (Å²) in [6.45, 7) is 0. The molecule has 0 bridgehead atoms. The third kappa shape index (κ3) is 4.50. The first-order chi connectivity index (χ1) is 21.3. The fourth-order valence-electron chi connectivity index (χ4n) is 6.19. The van der Waals surface area contributed by atoms with Crippen LogP contribution in [0.4, 0.5) is 0 Å². The van der Waals surface area contributed by atoms with Crippen LogP contribution in [0.5, 0.6) is 11.5 Å². The van der Waals surface area contributed by atoms with E-state index in [9.17, 15) is 0 Å². The van der Waals surface area contributed by atoms with Crippen LogP contribution >= 0.6 is 0 Å². The average molecular weight is 550 g/mol. The van der Waals surface area contributed by atoms with E-state index in [2.05, 4.69) is 145 Å².